The Bertz CT molecular complexity index is 662. The summed E-state index contributed by atoms with van der Waals surface area (Å²) in [6.45, 7) is 2.82. The number of carbonyl (C=O) groups is 1. The summed E-state index contributed by atoms with van der Waals surface area (Å²) in [6, 6.07) is 7.18. The molecule has 2 aliphatic rings. The minimum Gasteiger partial charge on any atom is -0.342 e. The summed E-state index contributed by atoms with van der Waals surface area (Å²) in [7, 11) is -3.37. The molecule has 0 aliphatic carbocycles. The number of amides is 1. The minimum atomic E-state index is -3.37. The fraction of sp³-hybridized carbons (Fsp3) is 0.611. The molecule has 2 saturated heterocycles. The zero-order valence-electron chi connectivity index (χ0n) is 14.1. The van der Waals surface area contributed by atoms with Crippen LogP contribution in [-0.4, -0.2) is 49.7 Å². The van der Waals surface area contributed by atoms with Crippen molar-refractivity contribution in [2.45, 2.75) is 49.8 Å². The lowest BCUT2D eigenvalue weighted by atomic mass is 10.1. The lowest BCUT2D eigenvalue weighted by Gasteiger charge is -2.20. The third-order valence-corrected chi connectivity index (χ3v) is 6.88. The standard InChI is InChI=1S/C18H26N2O3S/c21-18-6-5-12-19(18)15-11-16-7-9-17(10-8-16)24(22,23)20-13-3-1-2-4-14-20/h7-10H,1-6,11-15H2. The Morgan fingerprint density at radius 2 is 1.54 bits per heavy atom. The molecule has 1 amide bonds. The topological polar surface area (TPSA) is 57.7 Å². The molecule has 0 N–H and O–H groups in total. The van der Waals surface area contributed by atoms with E-state index in [-0.39, 0.29) is 5.91 Å². The van der Waals surface area contributed by atoms with Crippen LogP contribution in [-0.2, 0) is 21.2 Å². The molecule has 0 unspecified atom stereocenters. The van der Waals surface area contributed by atoms with E-state index >= 15 is 0 Å². The molecule has 2 fully saturated rings. The highest BCUT2D eigenvalue weighted by molar-refractivity contribution is 7.89. The Hall–Kier alpha value is -1.40. The number of carbonyl (C=O) groups excluding carboxylic acids is 1. The van der Waals surface area contributed by atoms with Gasteiger partial charge >= 0.3 is 0 Å². The van der Waals surface area contributed by atoms with Crippen molar-refractivity contribution in [2.75, 3.05) is 26.2 Å². The van der Waals surface area contributed by atoms with Crippen molar-refractivity contribution < 1.29 is 13.2 Å². The molecule has 1 aromatic carbocycles. The first kappa shape index (κ1) is 17.4. The summed E-state index contributed by atoms with van der Waals surface area (Å²) < 4.78 is 27.1. The molecule has 0 saturated carbocycles. The Balaban J connectivity index is 1.63. The Morgan fingerprint density at radius 1 is 0.875 bits per heavy atom. The SMILES string of the molecule is O=C1CCCN1CCc1ccc(S(=O)(=O)N2CCCCCC2)cc1. The number of nitrogens with zero attached hydrogens (tertiary/aromatic N) is 2. The summed E-state index contributed by atoms with van der Waals surface area (Å²) in [5.74, 6) is 0.232. The summed E-state index contributed by atoms with van der Waals surface area (Å²) in [5.41, 5.74) is 1.07. The van der Waals surface area contributed by atoms with Crippen LogP contribution >= 0.6 is 0 Å². The number of likely N-dealkylation sites (tertiary alicyclic amines) is 1. The Labute approximate surface area is 144 Å². The lowest BCUT2D eigenvalue weighted by molar-refractivity contribution is -0.127. The Morgan fingerprint density at radius 3 is 2.12 bits per heavy atom. The first-order chi connectivity index (χ1) is 11.6. The van der Waals surface area contributed by atoms with E-state index < -0.39 is 10.0 Å². The van der Waals surface area contributed by atoms with Crippen LogP contribution in [0.4, 0.5) is 0 Å². The van der Waals surface area contributed by atoms with Gasteiger partial charge in [-0.25, -0.2) is 8.42 Å². The number of benzene rings is 1. The zero-order chi connectivity index (χ0) is 17.0. The van der Waals surface area contributed by atoms with Gasteiger partial charge < -0.3 is 4.90 Å². The maximum atomic E-state index is 12.7. The minimum absolute atomic E-state index is 0.232. The van der Waals surface area contributed by atoms with Crippen LogP contribution in [0.3, 0.4) is 0 Å². The van der Waals surface area contributed by atoms with Gasteiger partial charge in [0.2, 0.25) is 15.9 Å². The molecule has 132 valence electrons. The van der Waals surface area contributed by atoms with Gasteiger partial charge in [-0.2, -0.15) is 4.31 Å². The number of sulfonamides is 1. The van der Waals surface area contributed by atoms with Crippen LogP contribution in [0, 0.1) is 0 Å². The molecule has 2 aliphatic heterocycles. The highest BCUT2D eigenvalue weighted by Crippen LogP contribution is 2.21. The van der Waals surface area contributed by atoms with Crippen molar-refractivity contribution in [1.29, 1.82) is 0 Å². The van der Waals surface area contributed by atoms with Gasteiger partial charge in [0.25, 0.3) is 0 Å². The molecule has 3 rings (SSSR count). The van der Waals surface area contributed by atoms with Crippen molar-refractivity contribution in [2.24, 2.45) is 0 Å². The predicted molar refractivity (Wildman–Crippen MR) is 93.2 cm³/mol. The van der Waals surface area contributed by atoms with Crippen LogP contribution in [0.15, 0.2) is 29.2 Å². The predicted octanol–water partition coefficient (Wildman–Crippen LogP) is 2.42. The molecular formula is C18H26N2O3S. The van der Waals surface area contributed by atoms with Gasteiger partial charge in [0.1, 0.15) is 0 Å². The molecule has 0 spiro atoms. The second-order valence-corrected chi connectivity index (χ2v) is 8.63. The van der Waals surface area contributed by atoms with Crippen LogP contribution in [0.5, 0.6) is 0 Å². The summed E-state index contributed by atoms with van der Waals surface area (Å²) in [6.07, 6.45) is 6.50. The van der Waals surface area contributed by atoms with E-state index in [1.54, 1.807) is 16.4 Å². The zero-order valence-corrected chi connectivity index (χ0v) is 14.9. The van der Waals surface area contributed by atoms with Gasteiger partial charge in [0.15, 0.2) is 0 Å². The van der Waals surface area contributed by atoms with Crippen LogP contribution in [0.25, 0.3) is 0 Å². The summed E-state index contributed by atoms with van der Waals surface area (Å²) in [5, 5.41) is 0. The maximum Gasteiger partial charge on any atom is 0.243 e. The van der Waals surface area contributed by atoms with Gasteiger partial charge in [-0.1, -0.05) is 25.0 Å². The van der Waals surface area contributed by atoms with Crippen molar-refractivity contribution in [1.82, 2.24) is 9.21 Å². The molecule has 24 heavy (non-hydrogen) atoms. The van der Waals surface area contributed by atoms with Crippen molar-refractivity contribution >= 4 is 15.9 Å². The van der Waals surface area contributed by atoms with E-state index in [1.165, 1.54) is 0 Å². The lowest BCUT2D eigenvalue weighted by Crippen LogP contribution is -2.31. The first-order valence-electron chi connectivity index (χ1n) is 8.94. The Kier molecular flexibility index (Phi) is 5.56. The molecule has 2 heterocycles. The maximum absolute atomic E-state index is 12.7. The number of rotatable bonds is 5. The fourth-order valence-corrected chi connectivity index (χ4v) is 4.98. The van der Waals surface area contributed by atoms with E-state index in [9.17, 15) is 13.2 Å². The average Bonchev–Trinajstić information content (AvgIpc) is 2.83. The van der Waals surface area contributed by atoms with Crippen molar-refractivity contribution in [3.05, 3.63) is 29.8 Å². The number of hydrogen-bond donors (Lipinski definition) is 0. The van der Waals surface area contributed by atoms with Gasteiger partial charge in [-0.15, -0.1) is 0 Å². The van der Waals surface area contributed by atoms with E-state index in [0.717, 1.165) is 57.2 Å². The number of hydrogen-bond acceptors (Lipinski definition) is 3. The van der Waals surface area contributed by atoms with Crippen LogP contribution in [0.2, 0.25) is 0 Å². The largest absolute Gasteiger partial charge is 0.342 e. The third-order valence-electron chi connectivity index (χ3n) is 4.97. The molecular weight excluding hydrogens is 324 g/mol. The normalized spacial score (nSPS) is 20.3. The highest BCUT2D eigenvalue weighted by Gasteiger charge is 2.25. The molecule has 1 aromatic rings. The van der Waals surface area contributed by atoms with E-state index in [2.05, 4.69) is 0 Å². The molecule has 6 heteroatoms. The molecule has 0 radical (unpaired) electrons. The quantitative estimate of drug-likeness (QED) is 0.819. The second kappa shape index (κ2) is 7.66. The first-order valence-corrected chi connectivity index (χ1v) is 10.4. The molecule has 0 bridgehead atoms. The summed E-state index contributed by atoms with van der Waals surface area (Å²) >= 11 is 0. The molecule has 0 aromatic heterocycles. The monoisotopic (exact) mass is 350 g/mol. The van der Waals surface area contributed by atoms with E-state index in [1.807, 2.05) is 17.0 Å². The average molecular weight is 350 g/mol. The van der Waals surface area contributed by atoms with Crippen molar-refractivity contribution in [3.8, 4) is 0 Å². The van der Waals surface area contributed by atoms with E-state index in [0.29, 0.717) is 24.4 Å². The third kappa shape index (κ3) is 3.98. The smallest absolute Gasteiger partial charge is 0.243 e. The second-order valence-electron chi connectivity index (χ2n) is 6.70. The van der Waals surface area contributed by atoms with Gasteiger partial charge in [-0.3, -0.25) is 4.79 Å². The van der Waals surface area contributed by atoms with Gasteiger partial charge in [0, 0.05) is 32.6 Å². The molecule has 0 atom stereocenters. The van der Waals surface area contributed by atoms with E-state index in [4.69, 9.17) is 0 Å². The van der Waals surface area contributed by atoms with Crippen molar-refractivity contribution in [3.63, 3.8) is 0 Å². The fourth-order valence-electron chi connectivity index (χ4n) is 3.46. The van der Waals surface area contributed by atoms with Gasteiger partial charge in [0.05, 0.1) is 4.90 Å². The van der Waals surface area contributed by atoms with Crippen LogP contribution in [0.1, 0.15) is 44.1 Å². The van der Waals surface area contributed by atoms with Gasteiger partial charge in [-0.05, 0) is 43.4 Å². The highest BCUT2D eigenvalue weighted by atomic mass is 32.2. The molecule has 5 nitrogen and oxygen atoms in total. The summed E-state index contributed by atoms with van der Waals surface area (Å²) in [4.78, 5) is 13.9. The van der Waals surface area contributed by atoms with Crippen LogP contribution < -0.4 is 0 Å².